The molecule has 6 nitrogen and oxygen atoms in total. The lowest BCUT2D eigenvalue weighted by Gasteiger charge is -2.19. The maximum Gasteiger partial charge on any atom is 0.408 e. The molecule has 1 aromatic rings. The molecule has 0 saturated heterocycles. The smallest absolute Gasteiger partial charge is 0.408 e. The number of hydrogen-bond acceptors (Lipinski definition) is 4. The van der Waals surface area contributed by atoms with Gasteiger partial charge in [-0.3, -0.25) is 0 Å². The molecule has 1 unspecified atom stereocenters. The van der Waals surface area contributed by atoms with Gasteiger partial charge in [-0.1, -0.05) is 30.3 Å². The van der Waals surface area contributed by atoms with Crippen LogP contribution >= 0.6 is 0 Å². The Hall–Kier alpha value is -2.55. The van der Waals surface area contributed by atoms with Gasteiger partial charge in [0.1, 0.15) is 12.6 Å². The van der Waals surface area contributed by atoms with E-state index in [0.29, 0.717) is 6.42 Å². The first-order chi connectivity index (χ1) is 10.3. The van der Waals surface area contributed by atoms with Crippen molar-refractivity contribution in [2.24, 2.45) is 5.41 Å². The van der Waals surface area contributed by atoms with Crippen LogP contribution in [0.3, 0.4) is 0 Å². The quantitative estimate of drug-likeness (QED) is 0.806. The number of nitrogens with zero attached hydrogens (tertiary/aromatic N) is 1. The molecule has 0 fully saturated rings. The van der Waals surface area contributed by atoms with Gasteiger partial charge in [0.15, 0.2) is 0 Å². The van der Waals surface area contributed by atoms with Crippen LogP contribution in [-0.4, -0.2) is 23.2 Å². The monoisotopic (exact) mass is 304 g/mol. The molecule has 6 heteroatoms. The number of hydrogen-bond donors (Lipinski definition) is 2. The molecule has 1 amide bonds. The predicted octanol–water partition coefficient (Wildman–Crippen LogP) is 2.70. The Balaban J connectivity index is 2.47. The number of carboxylic acids is 1. The molecule has 118 valence electrons. The highest BCUT2D eigenvalue weighted by atomic mass is 16.5. The molecule has 0 aliphatic carbocycles. The van der Waals surface area contributed by atoms with E-state index in [9.17, 15) is 9.59 Å². The summed E-state index contributed by atoms with van der Waals surface area (Å²) in [6.07, 6.45) is -0.263. The second-order valence-electron chi connectivity index (χ2n) is 5.63. The summed E-state index contributed by atoms with van der Waals surface area (Å²) in [7, 11) is 0. The van der Waals surface area contributed by atoms with Crippen LogP contribution in [0.2, 0.25) is 0 Å². The topological polar surface area (TPSA) is 99.4 Å². The molecule has 1 rings (SSSR count). The van der Waals surface area contributed by atoms with Crippen molar-refractivity contribution in [1.29, 1.82) is 5.26 Å². The highest BCUT2D eigenvalue weighted by Crippen LogP contribution is 2.21. The van der Waals surface area contributed by atoms with Crippen molar-refractivity contribution in [2.45, 2.75) is 39.3 Å². The number of rotatable bonds is 7. The van der Waals surface area contributed by atoms with Crippen molar-refractivity contribution >= 4 is 12.1 Å². The van der Waals surface area contributed by atoms with Crippen LogP contribution < -0.4 is 5.32 Å². The normalized spacial score (nSPS) is 12.0. The zero-order valence-corrected chi connectivity index (χ0v) is 12.7. The summed E-state index contributed by atoms with van der Waals surface area (Å²) in [5, 5.41) is 20.4. The molecule has 0 aliphatic rings. The molecule has 0 bridgehead atoms. The van der Waals surface area contributed by atoms with Gasteiger partial charge >= 0.3 is 12.1 Å². The number of carbonyl (C=O) groups is 2. The maximum absolute atomic E-state index is 11.7. The van der Waals surface area contributed by atoms with Crippen molar-refractivity contribution in [3.63, 3.8) is 0 Å². The molecule has 0 aromatic heterocycles. The summed E-state index contributed by atoms with van der Waals surface area (Å²) >= 11 is 0. The number of aliphatic carboxylic acids is 1. The van der Waals surface area contributed by atoms with Crippen LogP contribution in [0.4, 0.5) is 4.79 Å². The molecular formula is C16H20N2O4. The van der Waals surface area contributed by atoms with Crippen LogP contribution in [0.5, 0.6) is 0 Å². The number of carbonyl (C=O) groups excluding carboxylic acids is 1. The average Bonchev–Trinajstić information content (AvgIpc) is 2.50. The Labute approximate surface area is 129 Å². The van der Waals surface area contributed by atoms with Crippen molar-refractivity contribution in [3.05, 3.63) is 35.9 Å². The third kappa shape index (κ3) is 6.27. The summed E-state index contributed by atoms with van der Waals surface area (Å²) in [6, 6.07) is 10.1. The molecular weight excluding hydrogens is 284 g/mol. The van der Waals surface area contributed by atoms with Crippen molar-refractivity contribution < 1.29 is 19.4 Å². The predicted molar refractivity (Wildman–Crippen MR) is 79.8 cm³/mol. The number of nitrogens with one attached hydrogen (secondary N) is 1. The minimum atomic E-state index is -1.15. The molecule has 0 saturated carbocycles. The van der Waals surface area contributed by atoms with Crippen LogP contribution in [-0.2, 0) is 16.1 Å². The first-order valence-electron chi connectivity index (χ1n) is 6.95. The third-order valence-corrected chi connectivity index (χ3v) is 3.16. The fourth-order valence-electron chi connectivity index (χ4n) is 1.73. The van der Waals surface area contributed by atoms with Gasteiger partial charge in [0, 0.05) is 0 Å². The zero-order valence-electron chi connectivity index (χ0n) is 12.7. The van der Waals surface area contributed by atoms with Gasteiger partial charge in [-0.05, 0) is 32.3 Å². The van der Waals surface area contributed by atoms with E-state index < -0.39 is 23.5 Å². The van der Waals surface area contributed by atoms with E-state index in [4.69, 9.17) is 15.1 Å². The fourth-order valence-corrected chi connectivity index (χ4v) is 1.73. The van der Waals surface area contributed by atoms with E-state index in [0.717, 1.165) is 5.56 Å². The molecule has 0 aliphatic heterocycles. The second kappa shape index (κ2) is 8.03. The SMILES string of the molecule is CC(C)(C#N)CCC(NC(=O)OCc1ccccc1)C(=O)O. The highest BCUT2D eigenvalue weighted by Gasteiger charge is 2.25. The molecule has 0 radical (unpaired) electrons. The van der Waals surface area contributed by atoms with Crippen molar-refractivity contribution in [1.82, 2.24) is 5.32 Å². The van der Waals surface area contributed by atoms with Gasteiger partial charge in [0.25, 0.3) is 0 Å². The summed E-state index contributed by atoms with van der Waals surface area (Å²) in [5.41, 5.74) is 0.179. The molecule has 1 aromatic carbocycles. The minimum absolute atomic E-state index is 0.0721. The number of alkyl carbamates (subject to hydrolysis) is 1. The van der Waals surface area contributed by atoms with E-state index in [1.165, 1.54) is 0 Å². The summed E-state index contributed by atoms with van der Waals surface area (Å²) < 4.78 is 4.99. The average molecular weight is 304 g/mol. The Kier molecular flexibility index (Phi) is 6.39. The van der Waals surface area contributed by atoms with E-state index in [1.54, 1.807) is 26.0 Å². The number of amides is 1. The number of carboxylic acid groups (broad SMARTS) is 1. The first kappa shape index (κ1) is 17.5. The number of nitriles is 1. The Morgan fingerprint density at radius 3 is 2.55 bits per heavy atom. The van der Waals surface area contributed by atoms with Gasteiger partial charge in [-0.15, -0.1) is 0 Å². The van der Waals surface area contributed by atoms with Gasteiger partial charge in [-0.25, -0.2) is 9.59 Å². The van der Waals surface area contributed by atoms with E-state index in [1.807, 2.05) is 18.2 Å². The summed E-state index contributed by atoms with van der Waals surface area (Å²) in [4.78, 5) is 22.8. The van der Waals surface area contributed by atoms with Gasteiger partial charge in [-0.2, -0.15) is 5.26 Å². The van der Waals surface area contributed by atoms with E-state index in [-0.39, 0.29) is 13.0 Å². The standard InChI is InChI=1S/C16H20N2O4/c1-16(2,11-17)9-8-13(14(19)20)18-15(21)22-10-12-6-4-3-5-7-12/h3-7,13H,8-10H2,1-2H3,(H,18,21)(H,19,20). The maximum atomic E-state index is 11.7. The van der Waals surface area contributed by atoms with E-state index in [2.05, 4.69) is 11.4 Å². The Bertz CT molecular complexity index is 549. The zero-order chi connectivity index (χ0) is 16.6. The lowest BCUT2D eigenvalue weighted by atomic mass is 9.88. The van der Waals surface area contributed by atoms with Crippen LogP contribution in [0.15, 0.2) is 30.3 Å². The molecule has 0 heterocycles. The third-order valence-electron chi connectivity index (χ3n) is 3.16. The van der Waals surface area contributed by atoms with Crippen LogP contribution in [0.1, 0.15) is 32.3 Å². The fraction of sp³-hybridized carbons (Fsp3) is 0.438. The van der Waals surface area contributed by atoms with Gasteiger partial charge in [0.05, 0.1) is 11.5 Å². The van der Waals surface area contributed by atoms with Crippen molar-refractivity contribution in [3.8, 4) is 6.07 Å². The Morgan fingerprint density at radius 1 is 1.36 bits per heavy atom. The summed E-state index contributed by atoms with van der Waals surface area (Å²) in [6.45, 7) is 3.52. The molecule has 22 heavy (non-hydrogen) atoms. The molecule has 1 atom stereocenters. The van der Waals surface area contributed by atoms with Crippen LogP contribution in [0.25, 0.3) is 0 Å². The Morgan fingerprint density at radius 2 is 2.00 bits per heavy atom. The number of ether oxygens (including phenoxy) is 1. The lowest BCUT2D eigenvalue weighted by Crippen LogP contribution is -2.41. The first-order valence-corrected chi connectivity index (χ1v) is 6.95. The van der Waals surface area contributed by atoms with Gasteiger partial charge < -0.3 is 15.2 Å². The second-order valence-corrected chi connectivity index (χ2v) is 5.63. The van der Waals surface area contributed by atoms with Crippen molar-refractivity contribution in [2.75, 3.05) is 0 Å². The van der Waals surface area contributed by atoms with Gasteiger partial charge in [0.2, 0.25) is 0 Å². The molecule has 0 spiro atoms. The molecule has 2 N–H and O–H groups in total. The van der Waals surface area contributed by atoms with E-state index >= 15 is 0 Å². The van der Waals surface area contributed by atoms with Crippen LogP contribution in [0, 0.1) is 16.7 Å². The lowest BCUT2D eigenvalue weighted by molar-refractivity contribution is -0.139. The summed E-state index contributed by atoms with van der Waals surface area (Å²) in [5.74, 6) is -1.15. The highest BCUT2D eigenvalue weighted by molar-refractivity contribution is 5.79. The largest absolute Gasteiger partial charge is 0.480 e. The number of benzene rings is 1. The minimum Gasteiger partial charge on any atom is -0.480 e.